The molecule has 0 saturated carbocycles. The summed E-state index contributed by atoms with van der Waals surface area (Å²) in [5.74, 6) is -1.29. The molecule has 2 N–H and O–H groups in total. The van der Waals surface area contributed by atoms with Crippen LogP contribution >= 0.6 is 0 Å². The molecule has 0 unspecified atom stereocenters. The quantitative estimate of drug-likeness (QED) is 0.439. The van der Waals surface area contributed by atoms with Crippen LogP contribution in [0.5, 0.6) is 0 Å². The summed E-state index contributed by atoms with van der Waals surface area (Å²) in [5, 5.41) is 15.8. The number of rotatable bonds is 4. The number of benzene rings is 1. The summed E-state index contributed by atoms with van der Waals surface area (Å²) in [5.41, 5.74) is 1.15. The molecule has 0 aliphatic rings. The molecular weight excluding hydrogens is 289 g/mol. The molecule has 0 aliphatic heterocycles. The highest BCUT2D eigenvalue weighted by molar-refractivity contribution is 6.06. The fourth-order valence-corrected chi connectivity index (χ4v) is 1.88. The van der Waals surface area contributed by atoms with E-state index in [1.54, 1.807) is 12.1 Å². The smallest absolute Gasteiger partial charge is 0.224 e. The van der Waals surface area contributed by atoms with Crippen molar-refractivity contribution in [3.63, 3.8) is 0 Å². The van der Waals surface area contributed by atoms with Crippen LogP contribution in [0.3, 0.4) is 0 Å². The molecular formula is C15H10FN3O3. The predicted octanol–water partition coefficient (Wildman–Crippen LogP) is 2.99. The van der Waals surface area contributed by atoms with E-state index in [1.165, 1.54) is 30.8 Å². The van der Waals surface area contributed by atoms with Gasteiger partial charge in [-0.3, -0.25) is 9.89 Å². The predicted molar refractivity (Wildman–Crippen MR) is 75.4 cm³/mol. The number of aromatic amines is 1. The molecule has 0 spiro atoms. The Morgan fingerprint density at radius 3 is 2.91 bits per heavy atom. The third-order valence-electron chi connectivity index (χ3n) is 2.91. The van der Waals surface area contributed by atoms with E-state index in [-0.39, 0.29) is 23.2 Å². The van der Waals surface area contributed by atoms with E-state index >= 15 is 0 Å². The molecule has 3 aromatic rings. The number of nitrogens with one attached hydrogen (secondary N) is 1. The highest BCUT2D eigenvalue weighted by atomic mass is 19.1. The lowest BCUT2D eigenvalue weighted by atomic mass is 10.1. The summed E-state index contributed by atoms with van der Waals surface area (Å²) in [6.45, 7) is 0. The average Bonchev–Trinajstić information content (AvgIpc) is 3.19. The van der Waals surface area contributed by atoms with Gasteiger partial charge in [0.25, 0.3) is 0 Å². The third-order valence-corrected chi connectivity index (χ3v) is 2.91. The minimum Gasteiger partial charge on any atom is -0.504 e. The van der Waals surface area contributed by atoms with Crippen LogP contribution in [0.2, 0.25) is 0 Å². The Hall–Kier alpha value is -3.22. The number of carbonyl (C=O) groups excluding carboxylic acids is 1. The number of aromatic nitrogens is 3. The van der Waals surface area contributed by atoms with Gasteiger partial charge < -0.3 is 9.52 Å². The minimum absolute atomic E-state index is 0.00487. The number of hydrogen-bond donors (Lipinski definition) is 2. The number of allylic oxidation sites excluding steroid dienone is 1. The van der Waals surface area contributed by atoms with Crippen molar-refractivity contribution < 1.29 is 18.7 Å². The summed E-state index contributed by atoms with van der Waals surface area (Å²) >= 11 is 0. The Morgan fingerprint density at radius 1 is 1.32 bits per heavy atom. The normalized spacial score (nSPS) is 11.6. The van der Waals surface area contributed by atoms with E-state index in [0.717, 1.165) is 6.08 Å². The second kappa shape index (κ2) is 5.65. The van der Waals surface area contributed by atoms with Gasteiger partial charge in [-0.25, -0.2) is 9.37 Å². The topological polar surface area (TPSA) is 92.0 Å². The van der Waals surface area contributed by atoms with E-state index in [2.05, 4.69) is 15.2 Å². The Labute approximate surface area is 123 Å². The third kappa shape index (κ3) is 2.78. The van der Waals surface area contributed by atoms with Gasteiger partial charge in [-0.05, 0) is 23.8 Å². The molecule has 110 valence electrons. The second-order valence-corrected chi connectivity index (χ2v) is 4.43. The first kappa shape index (κ1) is 13.7. The van der Waals surface area contributed by atoms with Crippen molar-refractivity contribution >= 4 is 11.5 Å². The van der Waals surface area contributed by atoms with Gasteiger partial charge in [-0.15, -0.1) is 0 Å². The van der Waals surface area contributed by atoms with Crippen molar-refractivity contribution in [2.75, 3.05) is 0 Å². The van der Waals surface area contributed by atoms with E-state index in [4.69, 9.17) is 4.42 Å². The average molecular weight is 299 g/mol. The maximum atomic E-state index is 13.2. The number of furan rings is 1. The highest BCUT2D eigenvalue weighted by Crippen LogP contribution is 2.23. The molecule has 0 radical (unpaired) electrons. The SMILES string of the molecule is O=C(C=C(O)c1nc[nH]n1)c1cc(-c2cccc(F)c2)co1. The molecule has 1 aromatic carbocycles. The zero-order valence-electron chi connectivity index (χ0n) is 11.2. The van der Waals surface area contributed by atoms with E-state index in [1.807, 2.05) is 0 Å². The molecule has 6 nitrogen and oxygen atoms in total. The first-order valence-corrected chi connectivity index (χ1v) is 6.29. The number of carbonyl (C=O) groups is 1. The Bertz CT molecular complexity index is 837. The van der Waals surface area contributed by atoms with Gasteiger partial charge in [0.2, 0.25) is 11.6 Å². The summed E-state index contributed by atoms with van der Waals surface area (Å²) in [4.78, 5) is 15.7. The maximum absolute atomic E-state index is 13.2. The number of aliphatic hydroxyl groups excluding tert-OH is 1. The molecule has 0 atom stereocenters. The molecule has 0 saturated heterocycles. The van der Waals surface area contributed by atoms with Crippen LogP contribution in [-0.2, 0) is 0 Å². The maximum Gasteiger partial charge on any atom is 0.224 e. The second-order valence-electron chi connectivity index (χ2n) is 4.43. The van der Waals surface area contributed by atoms with Gasteiger partial charge in [0.1, 0.15) is 12.1 Å². The molecule has 22 heavy (non-hydrogen) atoms. The van der Waals surface area contributed by atoms with Crippen molar-refractivity contribution in [1.82, 2.24) is 15.2 Å². The van der Waals surface area contributed by atoms with E-state index in [0.29, 0.717) is 11.1 Å². The van der Waals surface area contributed by atoms with Gasteiger partial charge in [-0.2, -0.15) is 5.10 Å². The van der Waals surface area contributed by atoms with Crippen LogP contribution in [-0.4, -0.2) is 26.1 Å². The molecule has 7 heteroatoms. The Morgan fingerprint density at radius 2 is 2.18 bits per heavy atom. The number of ketones is 1. The standard InChI is InChI=1S/C15H10FN3O3/c16-11-3-1-2-9(4-11)10-5-14(22-7-10)12(20)6-13(21)15-17-8-18-19-15/h1-8,21H,(H,17,18,19). The van der Waals surface area contributed by atoms with Crippen molar-refractivity contribution in [3.8, 4) is 11.1 Å². The molecule has 3 rings (SSSR count). The Balaban J connectivity index is 1.85. The summed E-state index contributed by atoms with van der Waals surface area (Å²) < 4.78 is 18.4. The van der Waals surface area contributed by atoms with Crippen molar-refractivity contribution in [2.45, 2.75) is 0 Å². The first-order chi connectivity index (χ1) is 10.6. The summed E-state index contributed by atoms with van der Waals surface area (Å²) in [6, 6.07) is 7.39. The van der Waals surface area contributed by atoms with Gasteiger partial charge in [0.05, 0.1) is 6.26 Å². The monoisotopic (exact) mass is 299 g/mol. The van der Waals surface area contributed by atoms with Crippen LogP contribution < -0.4 is 0 Å². The molecule has 2 heterocycles. The molecule has 0 aliphatic carbocycles. The molecule has 0 bridgehead atoms. The van der Waals surface area contributed by atoms with Crippen molar-refractivity contribution in [1.29, 1.82) is 0 Å². The fourth-order valence-electron chi connectivity index (χ4n) is 1.88. The number of aliphatic hydroxyl groups is 1. The summed E-state index contributed by atoms with van der Waals surface area (Å²) in [6.07, 6.45) is 3.58. The first-order valence-electron chi connectivity index (χ1n) is 6.29. The van der Waals surface area contributed by atoms with Crippen LogP contribution in [0, 0.1) is 5.82 Å². The van der Waals surface area contributed by atoms with Gasteiger partial charge in [0, 0.05) is 11.6 Å². The summed E-state index contributed by atoms with van der Waals surface area (Å²) in [7, 11) is 0. The van der Waals surface area contributed by atoms with Crippen LogP contribution in [0.25, 0.3) is 16.9 Å². The van der Waals surface area contributed by atoms with Gasteiger partial charge in [-0.1, -0.05) is 12.1 Å². The largest absolute Gasteiger partial charge is 0.504 e. The number of nitrogens with zero attached hydrogens (tertiary/aromatic N) is 2. The van der Waals surface area contributed by atoms with Crippen LogP contribution in [0.1, 0.15) is 16.4 Å². The zero-order valence-corrected chi connectivity index (χ0v) is 11.2. The zero-order chi connectivity index (χ0) is 15.5. The molecule has 0 fully saturated rings. The van der Waals surface area contributed by atoms with Gasteiger partial charge in [0.15, 0.2) is 11.5 Å². The molecule has 0 amide bonds. The highest BCUT2D eigenvalue weighted by Gasteiger charge is 2.13. The lowest BCUT2D eigenvalue weighted by Gasteiger charge is -1.95. The number of hydrogen-bond acceptors (Lipinski definition) is 5. The lowest BCUT2D eigenvalue weighted by molar-refractivity contribution is 0.102. The fraction of sp³-hybridized carbons (Fsp3) is 0. The molecule has 2 aromatic heterocycles. The van der Waals surface area contributed by atoms with E-state index < -0.39 is 5.78 Å². The van der Waals surface area contributed by atoms with E-state index in [9.17, 15) is 14.3 Å². The number of halogens is 1. The van der Waals surface area contributed by atoms with Gasteiger partial charge >= 0.3 is 0 Å². The van der Waals surface area contributed by atoms with Crippen molar-refractivity contribution in [2.24, 2.45) is 0 Å². The Kier molecular flexibility index (Phi) is 3.53. The van der Waals surface area contributed by atoms with Crippen molar-refractivity contribution in [3.05, 3.63) is 66.4 Å². The van der Waals surface area contributed by atoms with Crippen LogP contribution in [0.15, 0.2) is 53.4 Å². The number of H-pyrrole nitrogens is 1. The van der Waals surface area contributed by atoms with Crippen LogP contribution in [0.4, 0.5) is 4.39 Å². The lowest BCUT2D eigenvalue weighted by Crippen LogP contribution is -1.95. The minimum atomic E-state index is -0.551.